The standard InChI is InChI=1S/C29H36N2O2/c1-27(2,3)21-17-32-25(30-21)29(26-31-22(18-33-26)28(4,5)6)23(19-13-9-7-10-14-19)24(29)20-15-11-8-12-16-20/h7-16,21-24H,17-18H2,1-6H3/t21-,22-,23+,24+/m1/s1. The van der Waals surface area contributed by atoms with Crippen LogP contribution in [-0.4, -0.2) is 37.1 Å². The summed E-state index contributed by atoms with van der Waals surface area (Å²) in [6.45, 7) is 14.6. The van der Waals surface area contributed by atoms with E-state index in [9.17, 15) is 0 Å². The highest BCUT2D eigenvalue weighted by molar-refractivity contribution is 6.12. The fourth-order valence-corrected chi connectivity index (χ4v) is 5.33. The van der Waals surface area contributed by atoms with Crippen LogP contribution in [0, 0.1) is 16.2 Å². The van der Waals surface area contributed by atoms with Gasteiger partial charge in [-0.3, -0.25) is 0 Å². The van der Waals surface area contributed by atoms with Gasteiger partial charge in [0.1, 0.15) is 18.6 Å². The molecule has 0 amide bonds. The third-order valence-corrected chi connectivity index (χ3v) is 7.53. The molecule has 3 aliphatic rings. The van der Waals surface area contributed by atoms with Gasteiger partial charge in [0.2, 0.25) is 11.8 Å². The monoisotopic (exact) mass is 444 g/mol. The zero-order valence-corrected chi connectivity index (χ0v) is 20.7. The Kier molecular flexibility index (Phi) is 5.19. The Balaban J connectivity index is 1.68. The molecule has 0 radical (unpaired) electrons. The maximum absolute atomic E-state index is 6.45. The van der Waals surface area contributed by atoms with Crippen LogP contribution < -0.4 is 0 Å². The summed E-state index contributed by atoms with van der Waals surface area (Å²) in [6, 6.07) is 21.7. The molecule has 2 aromatic carbocycles. The summed E-state index contributed by atoms with van der Waals surface area (Å²) >= 11 is 0. The number of rotatable bonds is 4. The minimum absolute atomic E-state index is 0.0363. The van der Waals surface area contributed by atoms with Gasteiger partial charge in [0.25, 0.3) is 0 Å². The number of ether oxygens (including phenoxy) is 2. The molecule has 2 heterocycles. The molecule has 4 atom stereocenters. The Morgan fingerprint density at radius 1 is 0.636 bits per heavy atom. The van der Waals surface area contributed by atoms with Crippen molar-refractivity contribution in [3.8, 4) is 0 Å². The van der Waals surface area contributed by atoms with E-state index in [-0.39, 0.29) is 34.7 Å². The van der Waals surface area contributed by atoms with E-state index in [1.54, 1.807) is 0 Å². The first-order valence-electron chi connectivity index (χ1n) is 12.2. The van der Waals surface area contributed by atoms with Crippen LogP contribution >= 0.6 is 0 Å². The van der Waals surface area contributed by atoms with E-state index in [4.69, 9.17) is 19.5 Å². The highest BCUT2D eigenvalue weighted by Crippen LogP contribution is 2.73. The molecule has 33 heavy (non-hydrogen) atoms. The molecule has 1 saturated carbocycles. The van der Waals surface area contributed by atoms with Gasteiger partial charge in [-0.05, 0) is 22.0 Å². The van der Waals surface area contributed by atoms with Crippen molar-refractivity contribution in [1.82, 2.24) is 0 Å². The van der Waals surface area contributed by atoms with Gasteiger partial charge >= 0.3 is 0 Å². The molecule has 2 aliphatic heterocycles. The molecule has 0 aromatic heterocycles. The molecule has 0 saturated heterocycles. The zero-order valence-electron chi connectivity index (χ0n) is 20.7. The Morgan fingerprint density at radius 3 is 1.30 bits per heavy atom. The highest BCUT2D eigenvalue weighted by Gasteiger charge is 2.75. The molecule has 0 spiro atoms. The maximum atomic E-state index is 6.45. The lowest BCUT2D eigenvalue weighted by molar-refractivity contribution is 0.219. The first-order valence-corrected chi connectivity index (χ1v) is 12.2. The summed E-state index contributed by atoms with van der Waals surface area (Å²) in [4.78, 5) is 10.4. The lowest BCUT2D eigenvalue weighted by atomic mass is 9.88. The van der Waals surface area contributed by atoms with Crippen LogP contribution in [0.15, 0.2) is 70.6 Å². The van der Waals surface area contributed by atoms with E-state index < -0.39 is 5.41 Å². The third-order valence-electron chi connectivity index (χ3n) is 7.53. The molecule has 5 rings (SSSR count). The summed E-state index contributed by atoms with van der Waals surface area (Å²) in [5.74, 6) is 1.96. The number of aliphatic imine (C=N–C) groups is 2. The fraction of sp³-hybridized carbons (Fsp3) is 0.517. The molecule has 0 unspecified atom stereocenters. The van der Waals surface area contributed by atoms with E-state index in [2.05, 4.69) is 102 Å². The average molecular weight is 445 g/mol. The van der Waals surface area contributed by atoms with E-state index in [0.29, 0.717) is 13.2 Å². The molecule has 1 fully saturated rings. The van der Waals surface area contributed by atoms with Gasteiger partial charge in [-0.15, -0.1) is 0 Å². The summed E-state index contributed by atoms with van der Waals surface area (Å²) in [5, 5.41) is 0. The molecule has 0 bridgehead atoms. The number of hydrogen-bond acceptors (Lipinski definition) is 4. The lowest BCUT2D eigenvalue weighted by Crippen LogP contribution is -2.30. The zero-order chi connectivity index (χ0) is 23.4. The molecule has 2 aromatic rings. The van der Waals surface area contributed by atoms with Gasteiger partial charge in [-0.1, -0.05) is 102 Å². The topological polar surface area (TPSA) is 43.2 Å². The van der Waals surface area contributed by atoms with Crippen LogP contribution in [0.1, 0.15) is 64.5 Å². The first-order chi connectivity index (χ1) is 15.6. The number of benzene rings is 2. The summed E-state index contributed by atoms with van der Waals surface area (Å²) in [6.07, 6.45) is 0. The molecule has 4 heteroatoms. The Bertz CT molecular complexity index is 973. The van der Waals surface area contributed by atoms with Crippen LogP contribution in [-0.2, 0) is 9.47 Å². The third kappa shape index (κ3) is 3.68. The van der Waals surface area contributed by atoms with Crippen molar-refractivity contribution in [3.05, 3.63) is 71.8 Å². The summed E-state index contributed by atoms with van der Waals surface area (Å²) < 4.78 is 12.9. The van der Waals surface area contributed by atoms with Gasteiger partial charge in [-0.25, -0.2) is 9.98 Å². The molecule has 0 N–H and O–H groups in total. The quantitative estimate of drug-likeness (QED) is 0.560. The maximum Gasteiger partial charge on any atom is 0.201 e. The normalized spacial score (nSPS) is 28.5. The Hall–Kier alpha value is -2.62. The number of nitrogens with zero attached hydrogens (tertiary/aromatic N) is 2. The van der Waals surface area contributed by atoms with Crippen molar-refractivity contribution in [2.45, 2.75) is 65.5 Å². The Morgan fingerprint density at radius 2 is 1.00 bits per heavy atom. The van der Waals surface area contributed by atoms with Gasteiger partial charge in [-0.2, -0.15) is 0 Å². The van der Waals surface area contributed by atoms with Crippen LogP contribution in [0.3, 0.4) is 0 Å². The van der Waals surface area contributed by atoms with E-state index in [1.807, 2.05) is 0 Å². The molecule has 1 aliphatic carbocycles. The average Bonchev–Trinajstić information content (AvgIpc) is 3.15. The van der Waals surface area contributed by atoms with Crippen molar-refractivity contribution in [3.63, 3.8) is 0 Å². The van der Waals surface area contributed by atoms with Gasteiger partial charge < -0.3 is 9.47 Å². The summed E-state index contributed by atoms with van der Waals surface area (Å²) in [5.41, 5.74) is 2.14. The highest BCUT2D eigenvalue weighted by atomic mass is 16.5. The van der Waals surface area contributed by atoms with Crippen molar-refractivity contribution in [1.29, 1.82) is 0 Å². The summed E-state index contributed by atoms with van der Waals surface area (Å²) in [7, 11) is 0. The van der Waals surface area contributed by atoms with Crippen LogP contribution in [0.2, 0.25) is 0 Å². The minimum atomic E-state index is -0.497. The molecular formula is C29H36N2O2. The van der Waals surface area contributed by atoms with Crippen LogP contribution in [0.25, 0.3) is 0 Å². The van der Waals surface area contributed by atoms with Crippen molar-refractivity contribution < 1.29 is 9.47 Å². The fourth-order valence-electron chi connectivity index (χ4n) is 5.33. The van der Waals surface area contributed by atoms with Crippen molar-refractivity contribution in [2.75, 3.05) is 13.2 Å². The lowest BCUT2D eigenvalue weighted by Gasteiger charge is -2.22. The van der Waals surface area contributed by atoms with Crippen LogP contribution in [0.4, 0.5) is 0 Å². The Labute approximate surface area is 198 Å². The minimum Gasteiger partial charge on any atom is -0.478 e. The van der Waals surface area contributed by atoms with E-state index in [0.717, 1.165) is 11.8 Å². The molecule has 4 nitrogen and oxygen atoms in total. The largest absolute Gasteiger partial charge is 0.478 e. The van der Waals surface area contributed by atoms with Gasteiger partial charge in [0.15, 0.2) is 0 Å². The SMILES string of the molecule is CC(C)(C)[C@H]1COC(C2(C3=N[C@@H](C(C)(C)C)CO3)[C@@H](c3ccccc3)[C@@H]2c2ccccc2)=N1. The van der Waals surface area contributed by atoms with Crippen molar-refractivity contribution >= 4 is 11.8 Å². The van der Waals surface area contributed by atoms with Gasteiger partial charge in [0.05, 0.1) is 12.1 Å². The predicted octanol–water partition coefficient (Wildman–Crippen LogP) is 6.24. The van der Waals surface area contributed by atoms with Crippen LogP contribution in [0.5, 0.6) is 0 Å². The second-order valence-corrected chi connectivity index (χ2v) is 11.9. The van der Waals surface area contributed by atoms with Gasteiger partial charge in [0, 0.05) is 11.8 Å². The molecule has 174 valence electrons. The second-order valence-electron chi connectivity index (χ2n) is 11.9. The smallest absolute Gasteiger partial charge is 0.201 e. The predicted molar refractivity (Wildman–Crippen MR) is 134 cm³/mol. The van der Waals surface area contributed by atoms with E-state index >= 15 is 0 Å². The number of hydrogen-bond donors (Lipinski definition) is 0. The van der Waals surface area contributed by atoms with Crippen molar-refractivity contribution in [2.24, 2.45) is 26.2 Å². The first kappa shape index (κ1) is 22.2. The second kappa shape index (κ2) is 7.72. The van der Waals surface area contributed by atoms with E-state index in [1.165, 1.54) is 11.1 Å². The molecular weight excluding hydrogens is 408 g/mol.